The van der Waals surface area contributed by atoms with E-state index in [1.165, 1.54) is 17.8 Å². The number of rotatable bonds is 5. The highest BCUT2D eigenvalue weighted by Gasteiger charge is 2.26. The average Bonchev–Trinajstić information content (AvgIpc) is 2.62. The van der Waals surface area contributed by atoms with Gasteiger partial charge in [0.1, 0.15) is 0 Å². The Morgan fingerprint density at radius 3 is 2.63 bits per heavy atom. The molecule has 1 aromatic carbocycles. The Bertz CT molecular complexity index is 830. The summed E-state index contributed by atoms with van der Waals surface area (Å²) in [5, 5.41) is 5.47. The quantitative estimate of drug-likeness (QED) is 0.779. The van der Waals surface area contributed by atoms with Gasteiger partial charge in [0, 0.05) is 17.4 Å². The number of thioether (sulfide) groups is 1. The number of sulfone groups is 1. The van der Waals surface area contributed by atoms with Crippen molar-refractivity contribution in [2.45, 2.75) is 67.0 Å². The highest BCUT2D eigenvalue weighted by molar-refractivity contribution is 8.01. The average molecular weight is 411 g/mol. The van der Waals surface area contributed by atoms with Gasteiger partial charge in [-0.2, -0.15) is 0 Å². The third kappa shape index (κ3) is 5.04. The standard InChI is InChI=1S/C19H26N2O4S2/c1-12-3-5-14(6-4-12)20-18(22)9-10-27(24,25)15-7-8-16-17(11-15)26-13(2)19(23)21-16/h7-8,11-14H,3-6,9-10H2,1-2H3,(H,20,22)(H,21,23). The topological polar surface area (TPSA) is 92.3 Å². The van der Waals surface area contributed by atoms with E-state index < -0.39 is 9.84 Å². The van der Waals surface area contributed by atoms with E-state index in [9.17, 15) is 18.0 Å². The molecule has 1 unspecified atom stereocenters. The summed E-state index contributed by atoms with van der Waals surface area (Å²) in [6, 6.07) is 4.86. The van der Waals surface area contributed by atoms with E-state index in [2.05, 4.69) is 17.6 Å². The van der Waals surface area contributed by atoms with Gasteiger partial charge in [-0.05, 0) is 56.7 Å². The van der Waals surface area contributed by atoms with Crippen LogP contribution in [0.1, 0.15) is 46.0 Å². The van der Waals surface area contributed by atoms with Gasteiger partial charge in [-0.1, -0.05) is 6.92 Å². The van der Waals surface area contributed by atoms with Gasteiger partial charge < -0.3 is 10.6 Å². The number of carbonyl (C=O) groups excluding carboxylic acids is 2. The summed E-state index contributed by atoms with van der Waals surface area (Å²) in [7, 11) is -3.56. The van der Waals surface area contributed by atoms with Gasteiger partial charge in [0.05, 0.1) is 21.6 Å². The maximum absolute atomic E-state index is 12.6. The summed E-state index contributed by atoms with van der Waals surface area (Å²) in [6.07, 6.45) is 4.10. The number of nitrogens with one attached hydrogen (secondary N) is 2. The first-order valence-electron chi connectivity index (χ1n) is 9.38. The van der Waals surface area contributed by atoms with E-state index in [4.69, 9.17) is 0 Å². The number of carbonyl (C=O) groups is 2. The van der Waals surface area contributed by atoms with E-state index in [0.717, 1.165) is 30.6 Å². The molecule has 2 N–H and O–H groups in total. The second-order valence-corrected chi connectivity index (χ2v) is 11.0. The number of hydrogen-bond donors (Lipinski definition) is 2. The van der Waals surface area contributed by atoms with Crippen LogP contribution in [-0.2, 0) is 19.4 Å². The molecule has 0 bridgehead atoms. The number of fused-ring (bicyclic) bond motifs is 1. The summed E-state index contributed by atoms with van der Waals surface area (Å²) in [4.78, 5) is 24.8. The van der Waals surface area contributed by atoms with Crippen molar-refractivity contribution in [3.63, 3.8) is 0 Å². The lowest BCUT2D eigenvalue weighted by atomic mass is 9.87. The molecular formula is C19H26N2O4S2. The Kier molecular flexibility index (Phi) is 6.15. The molecule has 1 saturated carbocycles. The monoisotopic (exact) mass is 410 g/mol. The van der Waals surface area contributed by atoms with Gasteiger partial charge in [-0.3, -0.25) is 9.59 Å². The molecule has 148 valence electrons. The van der Waals surface area contributed by atoms with Crippen molar-refractivity contribution in [2.75, 3.05) is 11.1 Å². The van der Waals surface area contributed by atoms with Crippen molar-refractivity contribution < 1.29 is 18.0 Å². The van der Waals surface area contributed by atoms with Crippen molar-refractivity contribution in [1.82, 2.24) is 5.32 Å². The number of amides is 2. The smallest absolute Gasteiger partial charge is 0.237 e. The fraction of sp³-hybridized carbons (Fsp3) is 0.579. The van der Waals surface area contributed by atoms with E-state index in [-0.39, 0.29) is 40.2 Å². The lowest BCUT2D eigenvalue weighted by Crippen LogP contribution is -2.38. The van der Waals surface area contributed by atoms with Crippen LogP contribution in [-0.4, -0.2) is 37.3 Å². The maximum Gasteiger partial charge on any atom is 0.237 e. The minimum Gasteiger partial charge on any atom is -0.353 e. The number of benzene rings is 1. The zero-order valence-corrected chi connectivity index (χ0v) is 17.3. The predicted molar refractivity (Wildman–Crippen MR) is 107 cm³/mol. The Hall–Kier alpha value is -1.54. The summed E-state index contributed by atoms with van der Waals surface area (Å²) >= 11 is 1.34. The molecule has 1 atom stereocenters. The summed E-state index contributed by atoms with van der Waals surface area (Å²) in [6.45, 7) is 3.99. The SMILES string of the molecule is CC1CCC(NC(=O)CCS(=O)(=O)c2ccc3c(c2)SC(C)C(=O)N3)CC1. The first-order valence-corrected chi connectivity index (χ1v) is 11.9. The molecule has 1 aliphatic carbocycles. The Labute approximate surface area is 164 Å². The fourth-order valence-corrected chi connectivity index (χ4v) is 5.75. The Morgan fingerprint density at radius 2 is 1.93 bits per heavy atom. The minimum absolute atomic E-state index is 0.0360. The molecule has 27 heavy (non-hydrogen) atoms. The molecule has 0 saturated heterocycles. The van der Waals surface area contributed by atoms with Gasteiger partial charge in [0.2, 0.25) is 11.8 Å². The fourth-order valence-electron chi connectivity index (χ4n) is 3.42. The number of anilines is 1. The molecule has 8 heteroatoms. The maximum atomic E-state index is 12.6. The highest BCUT2D eigenvalue weighted by atomic mass is 32.2. The predicted octanol–water partition coefficient (Wildman–Crippen LogP) is 2.98. The first kappa shape index (κ1) is 20.2. The molecule has 2 amide bonds. The lowest BCUT2D eigenvalue weighted by molar-refractivity contribution is -0.121. The third-order valence-electron chi connectivity index (χ3n) is 5.22. The normalized spacial score (nSPS) is 25.4. The van der Waals surface area contributed by atoms with Crippen LogP contribution in [0.2, 0.25) is 0 Å². The van der Waals surface area contributed by atoms with Gasteiger partial charge >= 0.3 is 0 Å². The molecule has 1 fully saturated rings. The third-order valence-corrected chi connectivity index (χ3v) is 8.09. The molecule has 0 aromatic heterocycles. The molecule has 0 spiro atoms. The van der Waals surface area contributed by atoms with Crippen LogP contribution in [0, 0.1) is 5.92 Å². The molecule has 2 aliphatic rings. The molecule has 1 aromatic rings. The molecular weight excluding hydrogens is 384 g/mol. The van der Waals surface area contributed by atoms with Crippen LogP contribution in [0.4, 0.5) is 5.69 Å². The van der Waals surface area contributed by atoms with Gasteiger partial charge in [-0.15, -0.1) is 11.8 Å². The van der Waals surface area contributed by atoms with E-state index in [0.29, 0.717) is 11.6 Å². The molecule has 0 radical (unpaired) electrons. The van der Waals surface area contributed by atoms with Crippen LogP contribution in [0.3, 0.4) is 0 Å². The second-order valence-electron chi connectivity index (χ2n) is 7.50. The van der Waals surface area contributed by atoms with Crippen molar-refractivity contribution in [3.05, 3.63) is 18.2 Å². The van der Waals surface area contributed by atoms with Crippen molar-refractivity contribution >= 4 is 39.1 Å². The summed E-state index contributed by atoms with van der Waals surface area (Å²) < 4.78 is 25.3. The summed E-state index contributed by atoms with van der Waals surface area (Å²) in [5.74, 6) is 0.198. The van der Waals surface area contributed by atoms with Crippen LogP contribution in [0.15, 0.2) is 28.0 Å². The zero-order chi connectivity index (χ0) is 19.6. The summed E-state index contributed by atoms with van der Waals surface area (Å²) in [5.41, 5.74) is 0.631. The Balaban J connectivity index is 1.59. The highest BCUT2D eigenvalue weighted by Crippen LogP contribution is 2.37. The minimum atomic E-state index is -3.56. The van der Waals surface area contributed by atoms with Crippen molar-refractivity contribution in [2.24, 2.45) is 5.92 Å². The van der Waals surface area contributed by atoms with Crippen LogP contribution in [0.5, 0.6) is 0 Å². The molecule has 1 heterocycles. The van der Waals surface area contributed by atoms with Crippen LogP contribution in [0.25, 0.3) is 0 Å². The molecule has 6 nitrogen and oxygen atoms in total. The van der Waals surface area contributed by atoms with Gasteiger partial charge in [-0.25, -0.2) is 8.42 Å². The molecule has 3 rings (SSSR count). The number of hydrogen-bond acceptors (Lipinski definition) is 5. The van der Waals surface area contributed by atoms with Crippen LogP contribution >= 0.6 is 11.8 Å². The van der Waals surface area contributed by atoms with Crippen molar-refractivity contribution in [3.8, 4) is 0 Å². The lowest BCUT2D eigenvalue weighted by Gasteiger charge is -2.26. The van der Waals surface area contributed by atoms with Gasteiger partial charge in [0.15, 0.2) is 9.84 Å². The van der Waals surface area contributed by atoms with E-state index >= 15 is 0 Å². The largest absolute Gasteiger partial charge is 0.353 e. The van der Waals surface area contributed by atoms with E-state index in [1.54, 1.807) is 19.1 Å². The zero-order valence-electron chi connectivity index (χ0n) is 15.7. The molecule has 1 aliphatic heterocycles. The van der Waals surface area contributed by atoms with Crippen molar-refractivity contribution in [1.29, 1.82) is 0 Å². The second kappa shape index (κ2) is 8.22. The van der Waals surface area contributed by atoms with E-state index in [1.807, 2.05) is 0 Å². The van der Waals surface area contributed by atoms with Crippen LogP contribution < -0.4 is 10.6 Å². The first-order chi connectivity index (χ1) is 12.7. The van der Waals surface area contributed by atoms with Gasteiger partial charge in [0.25, 0.3) is 0 Å². The Morgan fingerprint density at radius 1 is 1.22 bits per heavy atom.